The van der Waals surface area contributed by atoms with Gasteiger partial charge in [0, 0.05) is 0 Å². The first-order valence-electron chi connectivity index (χ1n) is 8.35. The monoisotopic (exact) mass is 288 g/mol. The van der Waals surface area contributed by atoms with Crippen LogP contribution in [-0.4, -0.2) is 19.8 Å². The average molecular weight is 288 g/mol. The van der Waals surface area contributed by atoms with Crippen LogP contribution in [0, 0.1) is 0 Å². The summed E-state index contributed by atoms with van der Waals surface area (Å²) in [6, 6.07) is 0. The van der Waals surface area contributed by atoms with Crippen molar-refractivity contribution in [2.75, 3.05) is 19.8 Å². The van der Waals surface area contributed by atoms with E-state index in [0.717, 1.165) is 39.1 Å². The molecule has 3 saturated heterocycles. The lowest BCUT2D eigenvalue weighted by Crippen LogP contribution is -2.12. The molecular formula is C18H24O3. The van der Waals surface area contributed by atoms with Gasteiger partial charge in [-0.3, -0.25) is 0 Å². The lowest BCUT2D eigenvalue weighted by Gasteiger charge is -2.24. The molecule has 4 rings (SSSR count). The maximum absolute atomic E-state index is 5.68. The number of ether oxygens (including phenoxy) is 3. The van der Waals surface area contributed by atoms with Gasteiger partial charge in [-0.25, -0.2) is 0 Å². The van der Waals surface area contributed by atoms with E-state index in [1.165, 1.54) is 33.4 Å². The van der Waals surface area contributed by atoms with Crippen molar-refractivity contribution in [2.45, 2.75) is 58.3 Å². The summed E-state index contributed by atoms with van der Waals surface area (Å²) in [6.45, 7) is 9.42. The highest BCUT2D eigenvalue weighted by molar-refractivity contribution is 5.57. The van der Waals surface area contributed by atoms with Gasteiger partial charge < -0.3 is 14.2 Å². The summed E-state index contributed by atoms with van der Waals surface area (Å²) in [5.74, 6) is 0. The quantitative estimate of drug-likeness (QED) is 0.751. The van der Waals surface area contributed by atoms with Crippen LogP contribution in [0.5, 0.6) is 0 Å². The van der Waals surface area contributed by atoms with Crippen LogP contribution in [0.2, 0.25) is 0 Å². The molecule has 3 heteroatoms. The first-order valence-corrected chi connectivity index (χ1v) is 8.35. The molecule has 0 aliphatic carbocycles. The minimum Gasteiger partial charge on any atom is -0.368 e. The van der Waals surface area contributed by atoms with Gasteiger partial charge in [0.2, 0.25) is 0 Å². The molecule has 3 nitrogen and oxygen atoms in total. The number of hydrogen-bond acceptors (Lipinski definition) is 3. The van der Waals surface area contributed by atoms with Crippen LogP contribution >= 0.6 is 0 Å². The smallest absolute Gasteiger partial charge is 0.107 e. The second-order valence-corrected chi connectivity index (χ2v) is 6.20. The summed E-state index contributed by atoms with van der Waals surface area (Å²) < 4.78 is 17.0. The SMILES string of the molecule is CCc1c(C2CO2)c(CC)c(C2CO2)c(CC)c1C1CO1. The van der Waals surface area contributed by atoms with E-state index in [4.69, 9.17) is 14.2 Å². The highest BCUT2D eigenvalue weighted by Crippen LogP contribution is 2.49. The minimum atomic E-state index is 0.316. The molecule has 0 bridgehead atoms. The third-order valence-electron chi connectivity index (χ3n) is 4.98. The third-order valence-corrected chi connectivity index (χ3v) is 4.98. The second kappa shape index (κ2) is 5.08. The van der Waals surface area contributed by atoms with Gasteiger partial charge in [0.1, 0.15) is 18.3 Å². The predicted molar refractivity (Wildman–Crippen MR) is 80.7 cm³/mol. The molecule has 3 fully saturated rings. The molecule has 0 amide bonds. The third kappa shape index (κ3) is 2.23. The Hall–Kier alpha value is -0.900. The summed E-state index contributed by atoms with van der Waals surface area (Å²) in [4.78, 5) is 0. The molecule has 0 N–H and O–H groups in total. The fraction of sp³-hybridized carbons (Fsp3) is 0.667. The Labute approximate surface area is 126 Å². The predicted octanol–water partition coefficient (Wildman–Crippen LogP) is 3.59. The van der Waals surface area contributed by atoms with Gasteiger partial charge in [0.15, 0.2) is 0 Å². The summed E-state index contributed by atoms with van der Waals surface area (Å²) in [6.07, 6.45) is 4.14. The van der Waals surface area contributed by atoms with Crippen LogP contribution in [0.1, 0.15) is 72.5 Å². The first kappa shape index (κ1) is 13.7. The van der Waals surface area contributed by atoms with Crippen LogP contribution in [0.15, 0.2) is 0 Å². The van der Waals surface area contributed by atoms with E-state index in [2.05, 4.69) is 20.8 Å². The Morgan fingerprint density at radius 2 is 0.857 bits per heavy atom. The molecule has 3 aliphatic heterocycles. The van der Waals surface area contributed by atoms with Crippen molar-refractivity contribution in [3.8, 4) is 0 Å². The zero-order valence-corrected chi connectivity index (χ0v) is 13.2. The molecule has 0 saturated carbocycles. The van der Waals surface area contributed by atoms with Gasteiger partial charge in [-0.1, -0.05) is 20.8 Å². The van der Waals surface area contributed by atoms with Crippen LogP contribution in [0.25, 0.3) is 0 Å². The number of rotatable bonds is 6. The van der Waals surface area contributed by atoms with Gasteiger partial charge >= 0.3 is 0 Å². The summed E-state index contributed by atoms with van der Waals surface area (Å²) in [5, 5.41) is 0. The van der Waals surface area contributed by atoms with Crippen molar-refractivity contribution in [1.29, 1.82) is 0 Å². The molecule has 1 aromatic rings. The van der Waals surface area contributed by atoms with E-state index in [-0.39, 0.29) is 0 Å². The van der Waals surface area contributed by atoms with Crippen LogP contribution < -0.4 is 0 Å². The minimum absolute atomic E-state index is 0.316. The average Bonchev–Trinajstić information content (AvgIpc) is 3.38. The standard InChI is InChI=1S/C18H24O3/c1-4-10-16(13-7-19-13)11(5-2)18(15-9-21-15)12(6-3)17(10)14-8-20-14/h13-15H,4-9H2,1-3H3. The number of benzene rings is 1. The molecule has 114 valence electrons. The number of hydrogen-bond donors (Lipinski definition) is 0. The molecule has 0 spiro atoms. The van der Waals surface area contributed by atoms with Gasteiger partial charge in [0.25, 0.3) is 0 Å². The maximum Gasteiger partial charge on any atom is 0.107 e. The van der Waals surface area contributed by atoms with Crippen molar-refractivity contribution in [1.82, 2.24) is 0 Å². The maximum atomic E-state index is 5.68. The molecule has 3 aliphatic rings. The molecule has 3 unspecified atom stereocenters. The van der Waals surface area contributed by atoms with Crippen LogP contribution in [-0.2, 0) is 33.5 Å². The molecular weight excluding hydrogens is 264 g/mol. The summed E-state index contributed by atoms with van der Waals surface area (Å²) >= 11 is 0. The number of epoxide rings is 3. The van der Waals surface area contributed by atoms with E-state index in [1.807, 2.05) is 0 Å². The second-order valence-electron chi connectivity index (χ2n) is 6.20. The Bertz CT molecular complexity index is 464. The zero-order valence-electron chi connectivity index (χ0n) is 13.2. The summed E-state index contributed by atoms with van der Waals surface area (Å²) in [7, 11) is 0. The van der Waals surface area contributed by atoms with Crippen LogP contribution in [0.3, 0.4) is 0 Å². The highest BCUT2D eigenvalue weighted by atomic mass is 16.6. The van der Waals surface area contributed by atoms with E-state index < -0.39 is 0 Å². The van der Waals surface area contributed by atoms with E-state index >= 15 is 0 Å². The van der Waals surface area contributed by atoms with Gasteiger partial charge in [-0.2, -0.15) is 0 Å². The highest BCUT2D eigenvalue weighted by Gasteiger charge is 2.41. The van der Waals surface area contributed by atoms with Crippen molar-refractivity contribution in [2.24, 2.45) is 0 Å². The lowest BCUT2D eigenvalue weighted by molar-refractivity contribution is 0.400. The Kier molecular flexibility index (Phi) is 3.32. The van der Waals surface area contributed by atoms with E-state index in [0.29, 0.717) is 18.3 Å². The van der Waals surface area contributed by atoms with E-state index in [1.54, 1.807) is 0 Å². The molecule has 1 aromatic carbocycles. The van der Waals surface area contributed by atoms with Crippen molar-refractivity contribution in [3.63, 3.8) is 0 Å². The molecule has 0 aromatic heterocycles. The fourth-order valence-electron chi connectivity index (χ4n) is 3.93. The topological polar surface area (TPSA) is 37.6 Å². The normalized spacial score (nSPS) is 29.6. The van der Waals surface area contributed by atoms with Crippen molar-refractivity contribution in [3.05, 3.63) is 33.4 Å². The van der Waals surface area contributed by atoms with Gasteiger partial charge in [0.05, 0.1) is 19.8 Å². The molecule has 0 radical (unpaired) electrons. The first-order chi connectivity index (χ1) is 10.3. The van der Waals surface area contributed by atoms with Crippen molar-refractivity contribution < 1.29 is 14.2 Å². The Morgan fingerprint density at radius 3 is 1.00 bits per heavy atom. The molecule has 21 heavy (non-hydrogen) atoms. The summed E-state index contributed by atoms with van der Waals surface area (Å²) in [5.41, 5.74) is 8.89. The van der Waals surface area contributed by atoms with Gasteiger partial charge in [-0.05, 0) is 52.6 Å². The zero-order chi connectivity index (χ0) is 14.6. The fourth-order valence-corrected chi connectivity index (χ4v) is 3.93. The van der Waals surface area contributed by atoms with E-state index in [9.17, 15) is 0 Å². The lowest BCUT2D eigenvalue weighted by atomic mass is 9.80. The Balaban J connectivity index is 2.00. The Morgan fingerprint density at radius 1 is 0.619 bits per heavy atom. The van der Waals surface area contributed by atoms with Gasteiger partial charge in [-0.15, -0.1) is 0 Å². The molecule has 3 atom stereocenters. The van der Waals surface area contributed by atoms with Crippen molar-refractivity contribution >= 4 is 0 Å². The van der Waals surface area contributed by atoms with Crippen LogP contribution in [0.4, 0.5) is 0 Å². The largest absolute Gasteiger partial charge is 0.368 e. The molecule has 3 heterocycles.